The molecule has 0 spiro atoms. The molecule has 0 saturated carbocycles. The van der Waals surface area contributed by atoms with E-state index in [0.717, 1.165) is 21.7 Å². The van der Waals surface area contributed by atoms with E-state index in [1.807, 2.05) is 26.2 Å². The number of anilines is 1. The minimum Gasteiger partial charge on any atom is -0.465 e. The Morgan fingerprint density at radius 3 is 2.62 bits per heavy atom. The van der Waals surface area contributed by atoms with Crippen LogP contribution in [0.25, 0.3) is 0 Å². The second-order valence-electron chi connectivity index (χ2n) is 4.58. The van der Waals surface area contributed by atoms with Gasteiger partial charge in [0.1, 0.15) is 5.00 Å². The van der Waals surface area contributed by atoms with Gasteiger partial charge in [-0.3, -0.25) is 4.79 Å². The first kappa shape index (κ1) is 15.7. The summed E-state index contributed by atoms with van der Waals surface area (Å²) in [5.74, 6) is -0.616. The third kappa shape index (κ3) is 3.16. The third-order valence-electron chi connectivity index (χ3n) is 3.19. The lowest BCUT2D eigenvalue weighted by Gasteiger charge is -2.06. The number of rotatable bonds is 4. The second-order valence-corrected chi connectivity index (χ2v) is 6.92. The second kappa shape index (κ2) is 6.41. The van der Waals surface area contributed by atoms with Gasteiger partial charge in [0.15, 0.2) is 0 Å². The van der Waals surface area contributed by atoms with Crippen LogP contribution in [0.4, 0.5) is 5.00 Å². The van der Waals surface area contributed by atoms with Crippen molar-refractivity contribution in [2.75, 3.05) is 12.4 Å². The van der Waals surface area contributed by atoms with E-state index < -0.39 is 5.97 Å². The summed E-state index contributed by atoms with van der Waals surface area (Å²) >= 11 is 2.94. The standard InChI is InChI=1S/C15H17NO3S2/c1-5-10-9(3)20-7-12(10)13(17)16-14-11(15(18)19-4)6-8(2)21-14/h6-7H,5H2,1-4H3,(H,16,17). The number of carbonyl (C=O) groups excluding carboxylic acids is 2. The maximum absolute atomic E-state index is 12.4. The number of thiophene rings is 2. The monoisotopic (exact) mass is 323 g/mol. The highest BCUT2D eigenvalue weighted by molar-refractivity contribution is 7.16. The van der Waals surface area contributed by atoms with Gasteiger partial charge in [-0.05, 0) is 31.9 Å². The van der Waals surface area contributed by atoms with Gasteiger partial charge in [0.25, 0.3) is 5.91 Å². The van der Waals surface area contributed by atoms with Crippen molar-refractivity contribution >= 4 is 39.6 Å². The first-order chi connectivity index (χ1) is 9.97. The largest absolute Gasteiger partial charge is 0.465 e. The Morgan fingerprint density at radius 1 is 1.29 bits per heavy atom. The molecule has 0 aliphatic carbocycles. The van der Waals surface area contributed by atoms with Gasteiger partial charge < -0.3 is 10.1 Å². The van der Waals surface area contributed by atoms with Gasteiger partial charge in [0, 0.05) is 15.1 Å². The topological polar surface area (TPSA) is 55.4 Å². The van der Waals surface area contributed by atoms with Crippen LogP contribution in [0, 0.1) is 13.8 Å². The minimum absolute atomic E-state index is 0.178. The van der Waals surface area contributed by atoms with E-state index >= 15 is 0 Å². The number of methoxy groups -OCH3 is 1. The van der Waals surface area contributed by atoms with Gasteiger partial charge in [-0.15, -0.1) is 22.7 Å². The summed E-state index contributed by atoms with van der Waals surface area (Å²) in [6.45, 7) is 5.93. The maximum atomic E-state index is 12.4. The molecule has 1 N–H and O–H groups in total. The molecule has 0 aliphatic heterocycles. The van der Waals surface area contributed by atoms with Crippen molar-refractivity contribution in [1.82, 2.24) is 0 Å². The highest BCUT2D eigenvalue weighted by Gasteiger charge is 2.20. The number of nitrogens with one attached hydrogen (secondary N) is 1. The van der Waals surface area contributed by atoms with Crippen molar-refractivity contribution in [2.24, 2.45) is 0 Å². The summed E-state index contributed by atoms with van der Waals surface area (Å²) in [7, 11) is 1.33. The lowest BCUT2D eigenvalue weighted by molar-refractivity contribution is 0.0602. The van der Waals surface area contributed by atoms with E-state index in [9.17, 15) is 9.59 Å². The van der Waals surface area contributed by atoms with Crippen molar-refractivity contribution in [3.8, 4) is 0 Å². The number of carbonyl (C=O) groups is 2. The van der Waals surface area contributed by atoms with Crippen molar-refractivity contribution in [3.63, 3.8) is 0 Å². The molecular weight excluding hydrogens is 306 g/mol. The summed E-state index contributed by atoms with van der Waals surface area (Å²) in [4.78, 5) is 26.3. The van der Waals surface area contributed by atoms with E-state index in [1.165, 1.54) is 18.4 Å². The molecule has 0 atom stereocenters. The predicted molar refractivity (Wildman–Crippen MR) is 86.8 cm³/mol. The molecule has 2 aromatic rings. The average molecular weight is 323 g/mol. The summed E-state index contributed by atoms with van der Waals surface area (Å²) in [6, 6.07) is 1.73. The molecule has 112 valence electrons. The van der Waals surface area contributed by atoms with Crippen LogP contribution < -0.4 is 5.32 Å². The number of hydrogen-bond acceptors (Lipinski definition) is 5. The molecule has 6 heteroatoms. The first-order valence-corrected chi connectivity index (χ1v) is 8.24. The van der Waals surface area contributed by atoms with Crippen molar-refractivity contribution in [1.29, 1.82) is 0 Å². The van der Waals surface area contributed by atoms with Crippen LogP contribution in [0.1, 0.15) is 43.0 Å². The fourth-order valence-electron chi connectivity index (χ4n) is 2.15. The Morgan fingerprint density at radius 2 is 2.00 bits per heavy atom. The van der Waals surface area contributed by atoms with E-state index in [0.29, 0.717) is 16.1 Å². The molecule has 0 fully saturated rings. The molecule has 2 rings (SSSR count). The zero-order valence-corrected chi connectivity index (χ0v) is 14.0. The van der Waals surface area contributed by atoms with Gasteiger partial charge in [0.2, 0.25) is 0 Å². The van der Waals surface area contributed by atoms with E-state index in [1.54, 1.807) is 17.4 Å². The molecule has 0 bridgehead atoms. The molecule has 0 unspecified atom stereocenters. The molecule has 0 radical (unpaired) electrons. The van der Waals surface area contributed by atoms with Gasteiger partial charge >= 0.3 is 5.97 Å². The summed E-state index contributed by atoms with van der Waals surface area (Å²) in [5, 5.41) is 5.24. The molecule has 0 aliphatic rings. The number of esters is 1. The van der Waals surface area contributed by atoms with Gasteiger partial charge in [-0.25, -0.2) is 4.79 Å². The summed E-state index contributed by atoms with van der Waals surface area (Å²) in [5.41, 5.74) is 2.14. The Bertz CT molecular complexity index is 685. The Hall–Kier alpha value is -1.66. The third-order valence-corrected chi connectivity index (χ3v) is 5.11. The minimum atomic E-state index is -0.438. The number of aryl methyl sites for hydroxylation is 2. The lowest BCUT2D eigenvalue weighted by Crippen LogP contribution is -2.14. The number of hydrogen-bond donors (Lipinski definition) is 1. The Balaban J connectivity index is 2.29. The lowest BCUT2D eigenvalue weighted by atomic mass is 10.1. The molecule has 0 saturated heterocycles. The van der Waals surface area contributed by atoms with Crippen molar-refractivity contribution < 1.29 is 14.3 Å². The van der Waals surface area contributed by atoms with Crippen LogP contribution in [-0.4, -0.2) is 19.0 Å². The Labute approximate surface area is 131 Å². The molecule has 0 aromatic carbocycles. The quantitative estimate of drug-likeness (QED) is 0.864. The van der Waals surface area contributed by atoms with Crippen LogP contribution in [0.3, 0.4) is 0 Å². The molecule has 2 heterocycles. The smallest absolute Gasteiger partial charge is 0.340 e. The molecule has 4 nitrogen and oxygen atoms in total. The van der Waals surface area contributed by atoms with Crippen LogP contribution in [-0.2, 0) is 11.2 Å². The Kier molecular flexibility index (Phi) is 4.80. The van der Waals surface area contributed by atoms with Gasteiger partial charge in [0.05, 0.1) is 18.2 Å². The SMILES string of the molecule is CCc1c(C(=O)Nc2sc(C)cc2C(=O)OC)csc1C. The van der Waals surface area contributed by atoms with Crippen LogP contribution in [0.15, 0.2) is 11.4 Å². The first-order valence-electron chi connectivity index (χ1n) is 6.55. The van der Waals surface area contributed by atoms with Crippen molar-refractivity contribution in [3.05, 3.63) is 37.9 Å². The van der Waals surface area contributed by atoms with E-state index in [-0.39, 0.29) is 5.91 Å². The summed E-state index contributed by atoms with van der Waals surface area (Å²) in [6.07, 6.45) is 0.811. The van der Waals surface area contributed by atoms with Gasteiger partial charge in [-0.1, -0.05) is 6.92 Å². The normalized spacial score (nSPS) is 10.5. The fourth-order valence-corrected chi connectivity index (χ4v) is 3.98. The maximum Gasteiger partial charge on any atom is 0.340 e. The van der Waals surface area contributed by atoms with Gasteiger partial charge in [-0.2, -0.15) is 0 Å². The summed E-state index contributed by atoms with van der Waals surface area (Å²) < 4.78 is 4.75. The fraction of sp³-hybridized carbons (Fsp3) is 0.333. The van der Waals surface area contributed by atoms with Crippen LogP contribution in [0.5, 0.6) is 0 Å². The van der Waals surface area contributed by atoms with Crippen molar-refractivity contribution in [2.45, 2.75) is 27.2 Å². The van der Waals surface area contributed by atoms with Crippen LogP contribution in [0.2, 0.25) is 0 Å². The molecule has 1 amide bonds. The zero-order valence-electron chi connectivity index (χ0n) is 12.4. The highest BCUT2D eigenvalue weighted by atomic mass is 32.1. The molecule has 21 heavy (non-hydrogen) atoms. The zero-order chi connectivity index (χ0) is 15.6. The average Bonchev–Trinajstić information content (AvgIpc) is 3.00. The number of ether oxygens (including phenoxy) is 1. The van der Waals surface area contributed by atoms with Crippen LogP contribution >= 0.6 is 22.7 Å². The highest BCUT2D eigenvalue weighted by Crippen LogP contribution is 2.30. The molecule has 2 aromatic heterocycles. The number of amides is 1. The molecular formula is C15H17NO3S2. The predicted octanol–water partition coefficient (Wildman–Crippen LogP) is 4.03. The van der Waals surface area contributed by atoms with E-state index in [2.05, 4.69) is 5.32 Å². The van der Waals surface area contributed by atoms with E-state index in [4.69, 9.17) is 4.74 Å².